The van der Waals surface area contributed by atoms with Crippen LogP contribution in [0.3, 0.4) is 0 Å². The number of halogens is 2. The summed E-state index contributed by atoms with van der Waals surface area (Å²) < 4.78 is 0. The quantitative estimate of drug-likeness (QED) is 0.572. The maximum absolute atomic E-state index is 12.5. The summed E-state index contributed by atoms with van der Waals surface area (Å²) >= 11 is 12.0. The maximum atomic E-state index is 12.5. The first kappa shape index (κ1) is 22.8. The lowest BCUT2D eigenvalue weighted by Crippen LogP contribution is -2.50. The highest BCUT2D eigenvalue weighted by Crippen LogP contribution is 2.40. The number of Topliss-reactive ketones (excluding diaryl/α,β-unsaturated/α-hetero) is 1. The third-order valence-electron chi connectivity index (χ3n) is 5.26. The van der Waals surface area contributed by atoms with Crippen LogP contribution in [0.5, 0.6) is 0 Å². The van der Waals surface area contributed by atoms with Gasteiger partial charge in [-0.15, -0.1) is 0 Å². The van der Waals surface area contributed by atoms with Crippen LogP contribution in [-0.4, -0.2) is 33.8 Å². The molecule has 7 nitrogen and oxygen atoms in total. The molecule has 1 aliphatic rings. The molecule has 1 unspecified atom stereocenters. The molecule has 2 aromatic rings. The topological polar surface area (TPSA) is 108 Å². The number of amides is 1. The summed E-state index contributed by atoms with van der Waals surface area (Å²) in [6, 6.07) is 5.88. The molecular weight excluding hydrogens is 441 g/mol. The number of rotatable bonds is 7. The third-order valence-corrected chi connectivity index (χ3v) is 5.83. The average Bonchev–Trinajstić information content (AvgIpc) is 2.71. The lowest BCUT2D eigenvalue weighted by Gasteiger charge is -2.39. The molecule has 0 spiro atoms. The summed E-state index contributed by atoms with van der Waals surface area (Å²) in [4.78, 5) is 40.0. The minimum Gasteiger partial charge on any atom is -0.480 e. The van der Waals surface area contributed by atoms with Crippen molar-refractivity contribution >= 4 is 46.5 Å². The number of anilines is 1. The van der Waals surface area contributed by atoms with Gasteiger partial charge in [-0.05, 0) is 38.5 Å². The van der Waals surface area contributed by atoms with Gasteiger partial charge in [0.15, 0.2) is 5.78 Å². The zero-order chi connectivity index (χ0) is 22.9. The van der Waals surface area contributed by atoms with E-state index in [4.69, 9.17) is 23.2 Å². The van der Waals surface area contributed by atoms with Crippen molar-refractivity contribution in [3.63, 3.8) is 0 Å². The molecule has 1 atom stereocenters. The molecule has 31 heavy (non-hydrogen) atoms. The molecule has 0 saturated carbocycles. The number of aliphatic carboxylic acids is 1. The van der Waals surface area contributed by atoms with Crippen molar-refractivity contribution in [2.75, 3.05) is 5.32 Å². The number of carbonyl (C=O) groups is 3. The molecule has 0 saturated heterocycles. The van der Waals surface area contributed by atoms with Crippen LogP contribution in [0.15, 0.2) is 47.9 Å². The fourth-order valence-electron chi connectivity index (χ4n) is 3.55. The van der Waals surface area contributed by atoms with Crippen molar-refractivity contribution in [1.82, 2.24) is 10.3 Å². The number of pyridine rings is 1. The lowest BCUT2D eigenvalue weighted by atomic mass is 9.69. The predicted molar refractivity (Wildman–Crippen MR) is 118 cm³/mol. The van der Waals surface area contributed by atoms with Crippen LogP contribution in [-0.2, 0) is 16.0 Å². The Hall–Kier alpha value is -2.90. The normalized spacial score (nSPS) is 15.8. The minimum absolute atomic E-state index is 0.00800. The highest BCUT2D eigenvalue weighted by Gasteiger charge is 2.45. The SMILES string of the molecule is CC1=C(NC(Cc2ccc(NC(=O)c3c(Cl)cncc3Cl)cc2)C(=O)O)C(C)(C)C1=O. The summed E-state index contributed by atoms with van der Waals surface area (Å²) in [7, 11) is 0. The van der Waals surface area contributed by atoms with E-state index in [-0.39, 0.29) is 27.8 Å². The van der Waals surface area contributed by atoms with E-state index in [1.807, 2.05) is 0 Å². The van der Waals surface area contributed by atoms with Crippen molar-refractivity contribution in [2.24, 2.45) is 5.41 Å². The van der Waals surface area contributed by atoms with Crippen molar-refractivity contribution in [1.29, 1.82) is 0 Å². The predicted octanol–water partition coefficient (Wildman–Crippen LogP) is 4.11. The van der Waals surface area contributed by atoms with Crippen LogP contribution >= 0.6 is 23.2 Å². The zero-order valence-electron chi connectivity index (χ0n) is 17.1. The number of carboxylic acid groups (broad SMARTS) is 1. The largest absolute Gasteiger partial charge is 0.480 e. The van der Waals surface area contributed by atoms with Crippen molar-refractivity contribution in [3.8, 4) is 0 Å². The second-order valence-corrected chi connectivity index (χ2v) is 8.64. The second kappa shape index (κ2) is 8.69. The van der Waals surface area contributed by atoms with Gasteiger partial charge in [-0.2, -0.15) is 0 Å². The van der Waals surface area contributed by atoms with Gasteiger partial charge in [0.2, 0.25) is 0 Å². The minimum atomic E-state index is -1.02. The number of carbonyl (C=O) groups excluding carboxylic acids is 2. The van der Waals surface area contributed by atoms with Gasteiger partial charge in [0.1, 0.15) is 6.04 Å². The zero-order valence-corrected chi connectivity index (χ0v) is 18.6. The first-order valence-electron chi connectivity index (χ1n) is 9.47. The van der Waals surface area contributed by atoms with Crippen LogP contribution in [0, 0.1) is 5.41 Å². The maximum Gasteiger partial charge on any atom is 0.326 e. The number of carboxylic acids is 1. The standard InChI is InChI=1S/C22H21Cl2N3O4/c1-11-18(22(2,3)19(11)28)27-16(21(30)31)8-12-4-6-13(7-5-12)26-20(29)17-14(23)9-25-10-15(17)24/h4-7,9-10,16,27H,8H2,1-3H3,(H,26,29)(H,30,31). The summed E-state index contributed by atoms with van der Waals surface area (Å²) in [6.45, 7) is 5.22. The molecule has 1 aromatic heterocycles. The van der Waals surface area contributed by atoms with Crippen molar-refractivity contribution in [2.45, 2.75) is 33.2 Å². The van der Waals surface area contributed by atoms with E-state index in [2.05, 4.69) is 15.6 Å². The van der Waals surface area contributed by atoms with Crippen LogP contribution in [0.1, 0.15) is 36.7 Å². The Labute approximate surface area is 189 Å². The molecule has 3 rings (SSSR count). The van der Waals surface area contributed by atoms with E-state index in [0.29, 0.717) is 17.0 Å². The van der Waals surface area contributed by atoms with Gasteiger partial charge >= 0.3 is 5.97 Å². The fourth-order valence-corrected chi connectivity index (χ4v) is 4.08. The Morgan fingerprint density at radius 2 is 1.71 bits per heavy atom. The van der Waals surface area contributed by atoms with Crippen molar-refractivity contribution in [3.05, 3.63) is 69.1 Å². The number of aromatic nitrogens is 1. The Morgan fingerprint density at radius 1 is 1.13 bits per heavy atom. The van der Waals surface area contributed by atoms with E-state index < -0.39 is 23.3 Å². The molecule has 162 valence electrons. The van der Waals surface area contributed by atoms with Gasteiger partial charge in [0.05, 0.1) is 21.0 Å². The van der Waals surface area contributed by atoms with Crippen LogP contribution < -0.4 is 10.6 Å². The van der Waals surface area contributed by atoms with E-state index in [1.54, 1.807) is 45.0 Å². The Balaban J connectivity index is 1.70. The first-order valence-corrected chi connectivity index (χ1v) is 10.2. The van der Waals surface area contributed by atoms with Crippen LogP contribution in [0.4, 0.5) is 5.69 Å². The molecule has 0 bridgehead atoms. The average molecular weight is 462 g/mol. The summed E-state index contributed by atoms with van der Waals surface area (Å²) in [5, 5.41) is 15.6. The molecule has 0 fully saturated rings. The number of allylic oxidation sites excluding steroid dienone is 2. The number of benzene rings is 1. The van der Waals surface area contributed by atoms with Gasteiger partial charge in [0.25, 0.3) is 5.91 Å². The summed E-state index contributed by atoms with van der Waals surface area (Å²) in [5.74, 6) is -1.49. The molecule has 1 amide bonds. The molecule has 1 heterocycles. The second-order valence-electron chi connectivity index (χ2n) is 7.82. The number of nitrogens with zero attached hydrogens (tertiary/aromatic N) is 1. The summed E-state index contributed by atoms with van der Waals surface area (Å²) in [6.07, 6.45) is 2.86. The number of hydrogen-bond acceptors (Lipinski definition) is 5. The van der Waals surface area contributed by atoms with Gasteiger partial charge in [-0.25, -0.2) is 4.79 Å². The number of ketones is 1. The van der Waals surface area contributed by atoms with Gasteiger partial charge < -0.3 is 15.7 Å². The molecule has 1 aromatic carbocycles. The smallest absolute Gasteiger partial charge is 0.326 e. The first-order chi connectivity index (χ1) is 14.5. The molecule has 0 aliphatic heterocycles. The molecule has 9 heteroatoms. The molecule has 0 radical (unpaired) electrons. The molecule has 3 N–H and O–H groups in total. The van der Waals surface area contributed by atoms with Crippen molar-refractivity contribution < 1.29 is 19.5 Å². The van der Waals surface area contributed by atoms with Crippen LogP contribution in [0.25, 0.3) is 0 Å². The Morgan fingerprint density at radius 3 is 2.23 bits per heavy atom. The number of hydrogen-bond donors (Lipinski definition) is 3. The third kappa shape index (κ3) is 4.57. The monoisotopic (exact) mass is 461 g/mol. The fraction of sp³-hybridized carbons (Fsp3) is 0.273. The Bertz CT molecular complexity index is 1070. The van der Waals surface area contributed by atoms with Gasteiger partial charge in [-0.1, -0.05) is 35.3 Å². The van der Waals surface area contributed by atoms with E-state index >= 15 is 0 Å². The molecular formula is C22H21Cl2N3O4. The highest BCUT2D eigenvalue weighted by atomic mass is 35.5. The summed E-state index contributed by atoms with van der Waals surface area (Å²) in [5.41, 5.74) is 1.88. The van der Waals surface area contributed by atoms with E-state index in [1.165, 1.54) is 12.4 Å². The molecule has 1 aliphatic carbocycles. The van der Waals surface area contributed by atoms with E-state index in [9.17, 15) is 19.5 Å². The number of nitrogens with one attached hydrogen (secondary N) is 2. The Kier molecular flexibility index (Phi) is 6.38. The van der Waals surface area contributed by atoms with Gasteiger partial charge in [-0.3, -0.25) is 14.6 Å². The van der Waals surface area contributed by atoms with E-state index in [0.717, 1.165) is 5.56 Å². The van der Waals surface area contributed by atoms with Crippen LogP contribution in [0.2, 0.25) is 10.0 Å². The lowest BCUT2D eigenvalue weighted by molar-refractivity contribution is -0.139. The highest BCUT2D eigenvalue weighted by molar-refractivity contribution is 6.40. The van der Waals surface area contributed by atoms with Gasteiger partial charge in [0, 0.05) is 35.8 Å².